The molecular weight excluding hydrogens is 282 g/mol. The van der Waals surface area contributed by atoms with Gasteiger partial charge in [-0.3, -0.25) is 4.79 Å². The van der Waals surface area contributed by atoms with Crippen LogP contribution in [0.4, 0.5) is 5.69 Å². The third kappa shape index (κ3) is 2.77. The second-order valence-corrected chi connectivity index (χ2v) is 7.28. The van der Waals surface area contributed by atoms with E-state index in [0.717, 1.165) is 22.3 Å². The summed E-state index contributed by atoms with van der Waals surface area (Å²) in [5.41, 5.74) is 1.82. The Balaban J connectivity index is 1.84. The second kappa shape index (κ2) is 5.12. The number of ketones is 1. The largest absolute Gasteiger partial charge is 0.382 e. The molecule has 21 heavy (non-hydrogen) atoms. The number of benzene rings is 1. The van der Waals surface area contributed by atoms with Crippen molar-refractivity contribution in [1.29, 1.82) is 5.26 Å². The van der Waals surface area contributed by atoms with Crippen LogP contribution in [0.15, 0.2) is 18.2 Å². The molecule has 1 aliphatic rings. The number of rotatable bonds is 2. The second-order valence-electron chi connectivity index (χ2n) is 6.25. The topological polar surface area (TPSA) is 65.8 Å². The highest BCUT2D eigenvalue weighted by molar-refractivity contribution is 7.19. The van der Waals surface area contributed by atoms with Crippen LogP contribution in [0.3, 0.4) is 0 Å². The molecule has 0 spiro atoms. The minimum absolute atomic E-state index is 0.0375. The first-order valence-corrected chi connectivity index (χ1v) is 7.88. The van der Waals surface area contributed by atoms with E-state index in [2.05, 4.69) is 30.2 Å². The van der Waals surface area contributed by atoms with Crippen molar-refractivity contribution in [2.24, 2.45) is 5.41 Å². The number of Topliss-reactive ketones (excluding diaryl/α,β-unsaturated/α-hetero) is 1. The van der Waals surface area contributed by atoms with Crippen LogP contribution in [0.25, 0.3) is 10.2 Å². The first-order valence-electron chi connectivity index (χ1n) is 7.07. The molecule has 0 radical (unpaired) electrons. The quantitative estimate of drug-likeness (QED) is 0.917. The molecule has 3 rings (SSSR count). The predicted octanol–water partition coefficient (Wildman–Crippen LogP) is 3.73. The number of nitriles is 1. The molecule has 1 heterocycles. The first-order chi connectivity index (χ1) is 9.98. The first kappa shape index (κ1) is 14.0. The Labute approximate surface area is 127 Å². The number of hydrogen-bond donors (Lipinski definition) is 1. The average molecular weight is 299 g/mol. The van der Waals surface area contributed by atoms with Crippen LogP contribution in [0, 0.1) is 16.7 Å². The van der Waals surface area contributed by atoms with Gasteiger partial charge in [0.1, 0.15) is 11.9 Å². The van der Waals surface area contributed by atoms with E-state index < -0.39 is 0 Å². The summed E-state index contributed by atoms with van der Waals surface area (Å²) in [6.45, 7) is 4.27. The van der Waals surface area contributed by atoms with Crippen LogP contribution >= 0.6 is 11.3 Å². The Morgan fingerprint density at radius 1 is 1.48 bits per heavy atom. The van der Waals surface area contributed by atoms with E-state index in [4.69, 9.17) is 5.26 Å². The monoisotopic (exact) mass is 299 g/mol. The molecule has 1 saturated carbocycles. The van der Waals surface area contributed by atoms with E-state index in [0.29, 0.717) is 23.6 Å². The molecule has 1 atom stereocenters. The normalized spacial score (nSPS) is 21.2. The van der Waals surface area contributed by atoms with Crippen LogP contribution < -0.4 is 5.32 Å². The number of nitrogens with zero attached hydrogens (tertiary/aromatic N) is 2. The van der Waals surface area contributed by atoms with E-state index in [1.807, 2.05) is 18.2 Å². The zero-order valence-electron chi connectivity index (χ0n) is 12.1. The molecule has 1 aromatic heterocycles. The van der Waals surface area contributed by atoms with Crippen LogP contribution in [0.2, 0.25) is 0 Å². The highest BCUT2D eigenvalue weighted by atomic mass is 32.1. The van der Waals surface area contributed by atoms with E-state index in [1.165, 1.54) is 11.3 Å². The zero-order valence-corrected chi connectivity index (χ0v) is 13.0. The number of carbonyl (C=O) groups is 1. The van der Waals surface area contributed by atoms with Crippen molar-refractivity contribution in [3.05, 3.63) is 23.2 Å². The lowest BCUT2D eigenvalue weighted by Crippen LogP contribution is -2.41. The molecule has 1 fully saturated rings. The lowest BCUT2D eigenvalue weighted by Gasteiger charge is -2.38. The summed E-state index contributed by atoms with van der Waals surface area (Å²) in [6.07, 6.45) is 2.14. The number of hydrogen-bond acceptors (Lipinski definition) is 5. The highest BCUT2D eigenvalue weighted by Gasteiger charge is 2.35. The number of carbonyl (C=O) groups excluding carboxylic acids is 1. The molecular formula is C16H17N3OS. The van der Waals surface area contributed by atoms with Crippen molar-refractivity contribution in [2.75, 3.05) is 5.32 Å². The van der Waals surface area contributed by atoms with E-state index in [-0.39, 0.29) is 11.5 Å². The Hall–Kier alpha value is -1.93. The molecule has 1 aliphatic carbocycles. The molecule has 108 valence electrons. The van der Waals surface area contributed by atoms with E-state index >= 15 is 0 Å². The van der Waals surface area contributed by atoms with Crippen molar-refractivity contribution in [2.45, 2.75) is 39.2 Å². The molecule has 5 heteroatoms. The maximum atomic E-state index is 11.6. The molecule has 4 nitrogen and oxygen atoms in total. The van der Waals surface area contributed by atoms with Gasteiger partial charge in [-0.05, 0) is 30.0 Å². The van der Waals surface area contributed by atoms with Crippen molar-refractivity contribution in [3.63, 3.8) is 0 Å². The summed E-state index contributed by atoms with van der Waals surface area (Å²) < 4.78 is 1.02. The Morgan fingerprint density at radius 3 is 3.00 bits per heavy atom. The van der Waals surface area contributed by atoms with Gasteiger partial charge in [0.2, 0.25) is 0 Å². The number of aromatic nitrogens is 1. The molecule has 1 unspecified atom stereocenters. The van der Waals surface area contributed by atoms with Gasteiger partial charge in [0.05, 0.1) is 10.2 Å². The molecule has 1 aromatic carbocycles. The minimum atomic E-state index is -0.0375. The van der Waals surface area contributed by atoms with Crippen molar-refractivity contribution >= 4 is 33.0 Å². The van der Waals surface area contributed by atoms with E-state index in [9.17, 15) is 4.79 Å². The fraction of sp³-hybridized carbons (Fsp3) is 0.438. The van der Waals surface area contributed by atoms with Gasteiger partial charge >= 0.3 is 0 Å². The fourth-order valence-electron chi connectivity index (χ4n) is 2.95. The van der Waals surface area contributed by atoms with E-state index in [1.54, 1.807) is 0 Å². The average Bonchev–Trinajstić information content (AvgIpc) is 2.83. The van der Waals surface area contributed by atoms with Crippen LogP contribution in [0.1, 0.15) is 38.1 Å². The maximum absolute atomic E-state index is 11.6. The Morgan fingerprint density at radius 2 is 2.29 bits per heavy atom. The smallest absolute Gasteiger partial charge is 0.195 e. The highest BCUT2D eigenvalue weighted by Crippen LogP contribution is 2.36. The summed E-state index contributed by atoms with van der Waals surface area (Å²) in [5, 5.41) is 12.9. The van der Waals surface area contributed by atoms with Crippen molar-refractivity contribution in [1.82, 2.24) is 4.98 Å². The maximum Gasteiger partial charge on any atom is 0.195 e. The third-order valence-electron chi connectivity index (χ3n) is 4.13. The lowest BCUT2D eigenvalue weighted by atomic mass is 9.72. The Bertz CT molecular complexity index is 742. The molecule has 2 aromatic rings. The molecule has 1 N–H and O–H groups in total. The predicted molar refractivity (Wildman–Crippen MR) is 84.4 cm³/mol. The molecule has 0 saturated heterocycles. The summed E-state index contributed by atoms with van der Waals surface area (Å²) in [7, 11) is 0. The lowest BCUT2D eigenvalue weighted by molar-refractivity contribution is -0.123. The number of nitrogens with one attached hydrogen (secondary N) is 1. The molecule has 0 bridgehead atoms. The minimum Gasteiger partial charge on any atom is -0.382 e. The van der Waals surface area contributed by atoms with Gasteiger partial charge in [-0.1, -0.05) is 13.8 Å². The van der Waals surface area contributed by atoms with Crippen molar-refractivity contribution in [3.8, 4) is 6.07 Å². The Kier molecular flexibility index (Phi) is 3.42. The summed E-state index contributed by atoms with van der Waals surface area (Å²) >= 11 is 1.41. The van der Waals surface area contributed by atoms with Gasteiger partial charge < -0.3 is 5.32 Å². The van der Waals surface area contributed by atoms with Crippen LogP contribution in [-0.4, -0.2) is 16.8 Å². The summed E-state index contributed by atoms with van der Waals surface area (Å²) in [6, 6.07) is 8.37. The molecule has 0 amide bonds. The zero-order chi connectivity index (χ0) is 15.0. The van der Waals surface area contributed by atoms with Crippen LogP contribution in [-0.2, 0) is 4.79 Å². The van der Waals surface area contributed by atoms with Crippen LogP contribution in [0.5, 0.6) is 0 Å². The van der Waals surface area contributed by atoms with Gasteiger partial charge in [0.15, 0.2) is 5.01 Å². The number of anilines is 1. The standard InChI is InChI=1S/C16H17N3OS/c1-16(2)8-11(20)4-6-14(16)18-10-3-5-13-12(7-10)19-15(9-17)21-13/h3,5,7,14,18H,4,6,8H2,1-2H3. The SMILES string of the molecule is CC1(C)CC(=O)CCC1Nc1ccc2sc(C#N)nc2c1. The number of fused-ring (bicyclic) bond motifs is 1. The summed E-state index contributed by atoms with van der Waals surface area (Å²) in [4.78, 5) is 15.9. The molecule has 0 aliphatic heterocycles. The third-order valence-corrected chi connectivity index (χ3v) is 5.07. The van der Waals surface area contributed by atoms with Crippen molar-refractivity contribution < 1.29 is 4.79 Å². The van der Waals surface area contributed by atoms with Gasteiger partial charge in [-0.25, -0.2) is 4.98 Å². The van der Waals surface area contributed by atoms with Gasteiger partial charge in [0, 0.05) is 24.6 Å². The summed E-state index contributed by atoms with van der Waals surface area (Å²) in [5.74, 6) is 0.353. The number of thiazole rings is 1. The van der Waals surface area contributed by atoms with Gasteiger partial charge in [-0.15, -0.1) is 11.3 Å². The van der Waals surface area contributed by atoms with Gasteiger partial charge in [-0.2, -0.15) is 5.26 Å². The van der Waals surface area contributed by atoms with Gasteiger partial charge in [0.25, 0.3) is 0 Å². The fourth-order valence-corrected chi connectivity index (χ4v) is 3.69.